The molecule has 0 spiro atoms. The van der Waals surface area contributed by atoms with Crippen LogP contribution in [-0.4, -0.2) is 11.7 Å². The molecule has 0 saturated heterocycles. The molecule has 2 N–H and O–H groups in total. The number of hydrogen-bond donors (Lipinski definition) is 2. The van der Waals surface area contributed by atoms with Gasteiger partial charge in [0.05, 0.1) is 5.69 Å². The molecule has 1 atom stereocenters. The van der Waals surface area contributed by atoms with Crippen LogP contribution in [0.1, 0.15) is 17.4 Å². The van der Waals surface area contributed by atoms with Crippen LogP contribution in [0.4, 0.5) is 0 Å². The predicted octanol–water partition coefficient (Wildman–Crippen LogP) is 1.57. The van der Waals surface area contributed by atoms with Crippen molar-refractivity contribution in [3.8, 4) is 0 Å². The van der Waals surface area contributed by atoms with E-state index in [9.17, 15) is 0 Å². The fourth-order valence-electron chi connectivity index (χ4n) is 0.700. The molecular weight excluding hydrogens is 228 g/mol. The lowest BCUT2D eigenvalue weighted by Crippen LogP contribution is -2.02. The molecule has 1 heterocycles. The summed E-state index contributed by atoms with van der Waals surface area (Å²) in [6.45, 7) is 0.626. The first-order chi connectivity index (χ1) is 4.84. The van der Waals surface area contributed by atoms with Crippen LogP contribution >= 0.6 is 29.6 Å². The first kappa shape index (κ1) is 11.0. The molecule has 0 saturated carbocycles. The molecule has 0 aromatic carbocycles. The predicted molar refractivity (Wildman–Crippen MR) is 52.2 cm³/mol. The minimum absolute atomic E-state index is 0. The van der Waals surface area contributed by atoms with Gasteiger partial charge in [0, 0.05) is 11.3 Å². The van der Waals surface area contributed by atoms with Crippen molar-refractivity contribution >= 4 is 29.6 Å². The fourth-order valence-corrected chi connectivity index (χ4v) is 0.982. The summed E-state index contributed by atoms with van der Waals surface area (Å²) in [5.74, 6) is 0. The lowest BCUT2D eigenvalue weighted by Gasteiger charge is -2.02. The summed E-state index contributed by atoms with van der Waals surface area (Å²) in [5, 5.41) is 3.84. The van der Waals surface area contributed by atoms with E-state index in [2.05, 4.69) is 22.3 Å². The Morgan fingerprint density at radius 3 is 2.91 bits per heavy atom. The standard InChI is InChI=1S/C6H10N2OS.BrH/c7-3-1-6(10)5-2-4-9-8-5;/h2,4,6,10H,1,3,7H2;1H. The zero-order valence-electron chi connectivity index (χ0n) is 5.93. The van der Waals surface area contributed by atoms with E-state index in [-0.39, 0.29) is 22.2 Å². The topological polar surface area (TPSA) is 52.0 Å². The number of rotatable bonds is 3. The molecule has 1 aromatic heterocycles. The molecule has 64 valence electrons. The third-order valence-electron chi connectivity index (χ3n) is 1.24. The molecule has 0 aliphatic carbocycles. The highest BCUT2D eigenvalue weighted by Crippen LogP contribution is 2.20. The average Bonchev–Trinajstić information content (AvgIpc) is 2.38. The molecule has 0 radical (unpaired) electrons. The lowest BCUT2D eigenvalue weighted by atomic mass is 10.2. The fraction of sp³-hybridized carbons (Fsp3) is 0.500. The molecular formula is C6H11BrN2OS. The first-order valence-corrected chi connectivity index (χ1v) is 3.64. The van der Waals surface area contributed by atoms with E-state index < -0.39 is 0 Å². The zero-order chi connectivity index (χ0) is 7.40. The van der Waals surface area contributed by atoms with Crippen molar-refractivity contribution in [2.24, 2.45) is 5.73 Å². The number of hydrogen-bond acceptors (Lipinski definition) is 4. The molecule has 11 heavy (non-hydrogen) atoms. The van der Waals surface area contributed by atoms with E-state index in [1.165, 1.54) is 6.26 Å². The average molecular weight is 239 g/mol. The van der Waals surface area contributed by atoms with Crippen molar-refractivity contribution in [3.63, 3.8) is 0 Å². The second-order valence-electron chi connectivity index (χ2n) is 2.02. The molecule has 5 heteroatoms. The van der Waals surface area contributed by atoms with Crippen LogP contribution in [0.3, 0.4) is 0 Å². The van der Waals surface area contributed by atoms with Gasteiger partial charge in [-0.15, -0.1) is 17.0 Å². The highest BCUT2D eigenvalue weighted by molar-refractivity contribution is 8.93. The van der Waals surface area contributed by atoms with Crippen LogP contribution in [0.15, 0.2) is 16.9 Å². The second kappa shape index (κ2) is 5.62. The highest BCUT2D eigenvalue weighted by atomic mass is 79.9. The Labute approximate surface area is 81.5 Å². The largest absolute Gasteiger partial charge is 0.364 e. The van der Waals surface area contributed by atoms with Crippen molar-refractivity contribution < 1.29 is 4.52 Å². The third kappa shape index (κ3) is 3.27. The Hall–Kier alpha value is 0. The molecule has 0 bridgehead atoms. The minimum atomic E-state index is 0. The molecule has 3 nitrogen and oxygen atoms in total. The van der Waals surface area contributed by atoms with E-state index in [1.807, 2.05) is 0 Å². The number of nitrogens with zero attached hydrogens (tertiary/aromatic N) is 1. The van der Waals surface area contributed by atoms with E-state index in [0.29, 0.717) is 6.54 Å². The van der Waals surface area contributed by atoms with Crippen molar-refractivity contribution in [2.75, 3.05) is 6.54 Å². The monoisotopic (exact) mass is 238 g/mol. The Bertz CT molecular complexity index is 181. The summed E-state index contributed by atoms with van der Waals surface area (Å²) in [4.78, 5) is 0. The van der Waals surface area contributed by atoms with Crippen molar-refractivity contribution in [1.29, 1.82) is 0 Å². The lowest BCUT2D eigenvalue weighted by molar-refractivity contribution is 0.410. The third-order valence-corrected chi connectivity index (χ3v) is 1.76. The Morgan fingerprint density at radius 2 is 2.45 bits per heavy atom. The summed E-state index contributed by atoms with van der Waals surface area (Å²) in [6, 6.07) is 1.80. The molecule has 0 fully saturated rings. The van der Waals surface area contributed by atoms with Gasteiger partial charge in [-0.1, -0.05) is 5.16 Å². The Balaban J connectivity index is 0.000001000. The van der Waals surface area contributed by atoms with E-state index in [1.54, 1.807) is 6.07 Å². The van der Waals surface area contributed by atoms with Gasteiger partial charge in [0.15, 0.2) is 0 Å². The van der Waals surface area contributed by atoms with Gasteiger partial charge < -0.3 is 10.3 Å². The Kier molecular flexibility index (Phi) is 5.62. The van der Waals surface area contributed by atoms with E-state index in [0.717, 1.165) is 12.1 Å². The quantitative estimate of drug-likeness (QED) is 0.787. The molecule has 1 aromatic rings. The molecule has 0 aliphatic rings. The smallest absolute Gasteiger partial charge is 0.124 e. The summed E-state index contributed by atoms with van der Waals surface area (Å²) in [5.41, 5.74) is 6.18. The summed E-state index contributed by atoms with van der Waals surface area (Å²) in [6.07, 6.45) is 2.37. The number of aromatic nitrogens is 1. The van der Waals surface area contributed by atoms with Crippen LogP contribution in [0.2, 0.25) is 0 Å². The van der Waals surface area contributed by atoms with Crippen molar-refractivity contribution in [1.82, 2.24) is 5.16 Å². The summed E-state index contributed by atoms with van der Waals surface area (Å²) in [7, 11) is 0. The van der Waals surface area contributed by atoms with E-state index in [4.69, 9.17) is 5.73 Å². The number of halogens is 1. The Morgan fingerprint density at radius 1 is 1.73 bits per heavy atom. The van der Waals surface area contributed by atoms with Gasteiger partial charge in [0.1, 0.15) is 6.26 Å². The van der Waals surface area contributed by atoms with Crippen LogP contribution in [-0.2, 0) is 0 Å². The molecule has 1 unspecified atom stereocenters. The number of thiol groups is 1. The van der Waals surface area contributed by atoms with Crippen LogP contribution < -0.4 is 5.73 Å². The SMILES string of the molecule is Br.NCCC(S)c1ccon1. The van der Waals surface area contributed by atoms with Crippen LogP contribution in [0, 0.1) is 0 Å². The number of nitrogens with two attached hydrogens (primary N) is 1. The van der Waals surface area contributed by atoms with E-state index >= 15 is 0 Å². The van der Waals surface area contributed by atoms with Crippen molar-refractivity contribution in [2.45, 2.75) is 11.7 Å². The molecule has 1 rings (SSSR count). The molecule has 0 amide bonds. The van der Waals surface area contributed by atoms with Gasteiger partial charge in [-0.2, -0.15) is 12.6 Å². The van der Waals surface area contributed by atoms with Gasteiger partial charge in [-0.3, -0.25) is 0 Å². The first-order valence-electron chi connectivity index (χ1n) is 3.13. The maximum Gasteiger partial charge on any atom is 0.124 e. The maximum atomic E-state index is 5.33. The van der Waals surface area contributed by atoms with Gasteiger partial charge >= 0.3 is 0 Å². The maximum absolute atomic E-state index is 5.33. The van der Waals surface area contributed by atoms with Gasteiger partial charge in [-0.05, 0) is 13.0 Å². The normalized spacial score (nSPS) is 12.2. The van der Waals surface area contributed by atoms with Crippen LogP contribution in [0.25, 0.3) is 0 Å². The van der Waals surface area contributed by atoms with Crippen LogP contribution in [0.5, 0.6) is 0 Å². The summed E-state index contributed by atoms with van der Waals surface area (Å²) >= 11 is 4.26. The van der Waals surface area contributed by atoms with Gasteiger partial charge in [0.25, 0.3) is 0 Å². The highest BCUT2D eigenvalue weighted by Gasteiger charge is 2.06. The van der Waals surface area contributed by atoms with Gasteiger partial charge in [-0.25, -0.2) is 0 Å². The molecule has 0 aliphatic heterocycles. The summed E-state index contributed by atoms with van der Waals surface area (Å²) < 4.78 is 4.64. The minimum Gasteiger partial charge on any atom is -0.364 e. The zero-order valence-corrected chi connectivity index (χ0v) is 8.54. The second-order valence-corrected chi connectivity index (χ2v) is 2.64. The van der Waals surface area contributed by atoms with Crippen molar-refractivity contribution in [3.05, 3.63) is 18.0 Å². The van der Waals surface area contributed by atoms with Gasteiger partial charge in [0.2, 0.25) is 0 Å².